The summed E-state index contributed by atoms with van der Waals surface area (Å²) in [7, 11) is 3.20. The molecular formula is C19H21NO5. The maximum atomic E-state index is 12.6. The van der Waals surface area contributed by atoms with Crippen molar-refractivity contribution in [2.75, 3.05) is 20.8 Å². The summed E-state index contributed by atoms with van der Waals surface area (Å²) in [4.78, 5) is 14.4. The number of amides is 1. The minimum absolute atomic E-state index is 0.0227. The molecule has 3 rings (SSSR count). The molecule has 0 atom stereocenters. The van der Waals surface area contributed by atoms with E-state index in [1.165, 1.54) is 12.1 Å². The molecule has 0 spiro atoms. The van der Waals surface area contributed by atoms with E-state index in [-0.39, 0.29) is 23.8 Å². The van der Waals surface area contributed by atoms with Crippen LogP contribution in [-0.4, -0.2) is 41.8 Å². The topological polar surface area (TPSA) is 79.2 Å². The highest BCUT2D eigenvalue weighted by Gasteiger charge is 2.23. The Morgan fingerprint density at radius 2 is 1.72 bits per heavy atom. The molecule has 0 fully saturated rings. The van der Waals surface area contributed by atoms with Crippen molar-refractivity contribution in [3.63, 3.8) is 0 Å². The van der Waals surface area contributed by atoms with E-state index in [9.17, 15) is 15.0 Å². The van der Waals surface area contributed by atoms with Gasteiger partial charge < -0.3 is 24.6 Å². The number of carbonyl (C=O) groups is 1. The van der Waals surface area contributed by atoms with Gasteiger partial charge in [0.2, 0.25) is 5.91 Å². The van der Waals surface area contributed by atoms with Gasteiger partial charge >= 0.3 is 0 Å². The van der Waals surface area contributed by atoms with Gasteiger partial charge in [0.25, 0.3) is 0 Å². The van der Waals surface area contributed by atoms with E-state index >= 15 is 0 Å². The number of benzene rings is 2. The molecule has 2 N–H and O–H groups in total. The second kappa shape index (κ2) is 6.93. The Balaban J connectivity index is 1.75. The van der Waals surface area contributed by atoms with Crippen LogP contribution in [0.1, 0.15) is 16.7 Å². The second-order valence-electron chi connectivity index (χ2n) is 6.04. The van der Waals surface area contributed by atoms with Gasteiger partial charge in [0.1, 0.15) is 0 Å². The van der Waals surface area contributed by atoms with Gasteiger partial charge in [-0.2, -0.15) is 0 Å². The van der Waals surface area contributed by atoms with E-state index < -0.39 is 0 Å². The highest BCUT2D eigenvalue weighted by atomic mass is 16.5. The van der Waals surface area contributed by atoms with Crippen molar-refractivity contribution in [3.05, 3.63) is 47.0 Å². The van der Waals surface area contributed by atoms with Gasteiger partial charge in [0.05, 0.1) is 20.6 Å². The normalized spacial score (nSPS) is 13.3. The van der Waals surface area contributed by atoms with Crippen LogP contribution in [0.4, 0.5) is 0 Å². The van der Waals surface area contributed by atoms with Gasteiger partial charge in [0.15, 0.2) is 23.0 Å². The Labute approximate surface area is 146 Å². The lowest BCUT2D eigenvalue weighted by Crippen LogP contribution is -2.36. The molecule has 0 aromatic heterocycles. The first-order valence-corrected chi connectivity index (χ1v) is 8.04. The number of carbonyl (C=O) groups excluding carboxylic acids is 1. The summed E-state index contributed by atoms with van der Waals surface area (Å²) in [6.07, 6.45) is 0.929. The van der Waals surface area contributed by atoms with Crippen LogP contribution in [0.3, 0.4) is 0 Å². The summed E-state index contributed by atoms with van der Waals surface area (Å²) < 4.78 is 10.7. The van der Waals surface area contributed by atoms with E-state index in [2.05, 4.69) is 0 Å². The van der Waals surface area contributed by atoms with Crippen LogP contribution in [0.25, 0.3) is 0 Å². The highest BCUT2D eigenvalue weighted by Crippen LogP contribution is 2.33. The largest absolute Gasteiger partial charge is 0.504 e. The molecule has 6 nitrogen and oxygen atoms in total. The third kappa shape index (κ3) is 3.47. The van der Waals surface area contributed by atoms with Crippen LogP contribution in [0.5, 0.6) is 23.0 Å². The number of hydrogen-bond donors (Lipinski definition) is 2. The van der Waals surface area contributed by atoms with Crippen molar-refractivity contribution in [3.8, 4) is 23.0 Å². The van der Waals surface area contributed by atoms with Crippen LogP contribution < -0.4 is 9.47 Å². The number of rotatable bonds is 4. The monoisotopic (exact) mass is 343 g/mol. The summed E-state index contributed by atoms with van der Waals surface area (Å²) in [6.45, 7) is 1.14. The van der Waals surface area contributed by atoms with E-state index in [0.717, 1.165) is 17.5 Å². The lowest BCUT2D eigenvalue weighted by Gasteiger charge is -2.29. The van der Waals surface area contributed by atoms with E-state index in [1.807, 2.05) is 12.1 Å². The molecular weight excluding hydrogens is 322 g/mol. The number of phenols is 2. The van der Waals surface area contributed by atoms with Gasteiger partial charge in [-0.1, -0.05) is 6.07 Å². The minimum Gasteiger partial charge on any atom is -0.504 e. The maximum Gasteiger partial charge on any atom is 0.227 e. The quantitative estimate of drug-likeness (QED) is 0.833. The standard InChI is InChI=1S/C19H21NO5/c1-24-17-9-13-5-6-20(11-14(13)10-18(17)25-2)19(23)8-12-3-4-15(21)16(22)7-12/h3-4,7,9-10,21-22H,5-6,8,11H2,1-2H3. The first kappa shape index (κ1) is 17.0. The third-order valence-corrected chi connectivity index (χ3v) is 4.47. The van der Waals surface area contributed by atoms with Crippen molar-refractivity contribution in [1.82, 2.24) is 4.90 Å². The van der Waals surface area contributed by atoms with Crippen molar-refractivity contribution < 1.29 is 24.5 Å². The fourth-order valence-corrected chi connectivity index (χ4v) is 3.06. The zero-order chi connectivity index (χ0) is 18.0. The lowest BCUT2D eigenvalue weighted by atomic mass is 9.98. The molecule has 25 heavy (non-hydrogen) atoms. The van der Waals surface area contributed by atoms with Crippen molar-refractivity contribution in [1.29, 1.82) is 0 Å². The van der Waals surface area contributed by atoms with Crippen LogP contribution in [0.15, 0.2) is 30.3 Å². The van der Waals surface area contributed by atoms with Gasteiger partial charge in [-0.15, -0.1) is 0 Å². The average molecular weight is 343 g/mol. The SMILES string of the molecule is COc1cc2c(cc1OC)CN(C(=O)Cc1ccc(O)c(O)c1)CC2. The number of phenolic OH excluding ortho intramolecular Hbond substituents is 2. The predicted molar refractivity (Wildman–Crippen MR) is 92.1 cm³/mol. The molecule has 2 aromatic carbocycles. The van der Waals surface area contributed by atoms with E-state index in [1.54, 1.807) is 25.2 Å². The number of ether oxygens (including phenoxy) is 2. The fourth-order valence-electron chi connectivity index (χ4n) is 3.06. The Morgan fingerprint density at radius 1 is 1.04 bits per heavy atom. The molecule has 132 valence electrons. The molecule has 6 heteroatoms. The molecule has 0 radical (unpaired) electrons. The van der Waals surface area contributed by atoms with E-state index in [0.29, 0.717) is 30.2 Å². The number of methoxy groups -OCH3 is 2. The van der Waals surface area contributed by atoms with Crippen LogP contribution in [-0.2, 0) is 24.2 Å². The predicted octanol–water partition coefficient (Wildman–Crippen LogP) is 2.24. The van der Waals surface area contributed by atoms with Gasteiger partial charge in [-0.25, -0.2) is 0 Å². The first-order chi connectivity index (χ1) is 12.0. The van der Waals surface area contributed by atoms with Crippen molar-refractivity contribution in [2.24, 2.45) is 0 Å². The average Bonchev–Trinajstić information content (AvgIpc) is 2.63. The van der Waals surface area contributed by atoms with Crippen molar-refractivity contribution in [2.45, 2.75) is 19.4 Å². The third-order valence-electron chi connectivity index (χ3n) is 4.47. The fraction of sp³-hybridized carbons (Fsp3) is 0.316. The first-order valence-electron chi connectivity index (χ1n) is 8.04. The molecule has 1 aliphatic heterocycles. The smallest absolute Gasteiger partial charge is 0.227 e. The Bertz CT molecular complexity index is 803. The molecule has 0 bridgehead atoms. The summed E-state index contributed by atoms with van der Waals surface area (Å²) in [5.41, 5.74) is 2.87. The van der Waals surface area contributed by atoms with Crippen LogP contribution in [0.2, 0.25) is 0 Å². The molecule has 0 saturated heterocycles. The maximum absolute atomic E-state index is 12.6. The summed E-state index contributed by atoms with van der Waals surface area (Å²) in [5.74, 6) is 0.917. The summed E-state index contributed by atoms with van der Waals surface area (Å²) in [5, 5.41) is 18.9. The summed E-state index contributed by atoms with van der Waals surface area (Å²) >= 11 is 0. The van der Waals surface area contributed by atoms with Gasteiger partial charge in [-0.05, 0) is 47.4 Å². The molecule has 1 aliphatic rings. The zero-order valence-electron chi connectivity index (χ0n) is 14.3. The van der Waals surface area contributed by atoms with Crippen molar-refractivity contribution >= 4 is 5.91 Å². The number of aromatic hydroxyl groups is 2. The number of fused-ring (bicyclic) bond motifs is 1. The minimum atomic E-state index is -0.217. The lowest BCUT2D eigenvalue weighted by molar-refractivity contribution is -0.131. The molecule has 0 aliphatic carbocycles. The molecule has 0 unspecified atom stereocenters. The zero-order valence-corrected chi connectivity index (χ0v) is 14.3. The number of nitrogens with zero attached hydrogens (tertiary/aromatic N) is 1. The molecule has 1 amide bonds. The van der Waals surface area contributed by atoms with Gasteiger partial charge in [-0.3, -0.25) is 4.79 Å². The summed E-state index contributed by atoms with van der Waals surface area (Å²) in [6, 6.07) is 8.33. The Hall–Kier alpha value is -2.89. The van der Waals surface area contributed by atoms with Crippen LogP contribution in [0, 0.1) is 0 Å². The molecule has 2 aromatic rings. The number of hydrogen-bond acceptors (Lipinski definition) is 5. The Kier molecular flexibility index (Phi) is 4.70. The molecule has 0 saturated carbocycles. The second-order valence-corrected chi connectivity index (χ2v) is 6.04. The van der Waals surface area contributed by atoms with E-state index in [4.69, 9.17) is 9.47 Å². The van der Waals surface area contributed by atoms with Crippen LogP contribution >= 0.6 is 0 Å². The molecule has 1 heterocycles. The highest BCUT2D eigenvalue weighted by molar-refractivity contribution is 5.79. The Morgan fingerprint density at radius 3 is 2.36 bits per heavy atom. The van der Waals surface area contributed by atoms with Gasteiger partial charge in [0, 0.05) is 13.1 Å².